The average Bonchev–Trinajstić information content (AvgIpc) is 3.07. The monoisotopic (exact) mass is 482 g/mol. The highest BCUT2D eigenvalue weighted by Crippen LogP contribution is 2.36. The number of alkyl halides is 1. The Morgan fingerprint density at radius 1 is 1.30 bits per heavy atom. The first-order valence-corrected chi connectivity index (χ1v) is 10.2. The molecule has 33 heavy (non-hydrogen) atoms. The van der Waals surface area contributed by atoms with Crippen molar-refractivity contribution in [2.75, 3.05) is 38.0 Å². The molecule has 4 N–H and O–H groups in total. The molecule has 4 rings (SSSR count). The van der Waals surface area contributed by atoms with E-state index in [4.69, 9.17) is 21.1 Å². The van der Waals surface area contributed by atoms with Crippen LogP contribution in [0.4, 0.5) is 5.69 Å². The second kappa shape index (κ2) is 7.86. The van der Waals surface area contributed by atoms with Gasteiger partial charge in [-0.2, -0.15) is 0 Å². The van der Waals surface area contributed by atoms with E-state index < -0.39 is 60.3 Å². The zero-order chi connectivity index (χ0) is 24.1. The van der Waals surface area contributed by atoms with E-state index in [-0.39, 0.29) is 29.4 Å². The van der Waals surface area contributed by atoms with Gasteiger partial charge in [-0.1, -0.05) is 6.07 Å². The molecule has 176 valence electrons. The van der Waals surface area contributed by atoms with Gasteiger partial charge in [0.05, 0.1) is 17.1 Å². The van der Waals surface area contributed by atoms with Crippen molar-refractivity contribution in [2.24, 2.45) is 0 Å². The van der Waals surface area contributed by atoms with Crippen molar-refractivity contribution in [2.45, 2.75) is 17.5 Å². The number of likely N-dealkylation sites (N-methyl/N-ethyl adjacent to an activating group) is 1. The van der Waals surface area contributed by atoms with Crippen LogP contribution >= 0.6 is 11.6 Å². The minimum atomic E-state index is -2.51. The van der Waals surface area contributed by atoms with Crippen LogP contribution in [0.3, 0.4) is 0 Å². The number of carbonyl (C=O) groups excluding carboxylic acids is 5. The zero-order valence-electron chi connectivity index (χ0n) is 17.2. The third-order valence-corrected chi connectivity index (χ3v) is 6.17. The molecule has 3 heterocycles. The molecule has 0 aliphatic carbocycles. The van der Waals surface area contributed by atoms with Gasteiger partial charge in [0.1, 0.15) is 31.5 Å². The maximum Gasteiger partial charge on any atom is 0.340 e. The number of aliphatic hydroxyl groups is 2. The first-order chi connectivity index (χ1) is 15.6. The summed E-state index contributed by atoms with van der Waals surface area (Å²) in [5, 5.41) is 23.9. The molecule has 0 aromatic heterocycles. The number of hydrogen-bond donors (Lipinski definition) is 4. The molecule has 13 nitrogen and oxygen atoms in total. The van der Waals surface area contributed by atoms with Crippen LogP contribution in [0.25, 0.3) is 0 Å². The number of para-hydroxylation sites is 1. The third kappa shape index (κ3) is 3.27. The highest BCUT2D eigenvalue weighted by molar-refractivity contribution is 6.22. The number of amides is 4. The van der Waals surface area contributed by atoms with Gasteiger partial charge in [0.15, 0.2) is 0 Å². The van der Waals surface area contributed by atoms with Crippen LogP contribution in [0.2, 0.25) is 0 Å². The fraction of sp³-hybridized carbons (Fsp3) is 0.421. The van der Waals surface area contributed by atoms with Crippen molar-refractivity contribution in [1.82, 2.24) is 15.1 Å². The molecular formula is C19H19ClN4O9. The van der Waals surface area contributed by atoms with Crippen LogP contribution in [-0.4, -0.2) is 99.8 Å². The molecule has 3 atom stereocenters. The van der Waals surface area contributed by atoms with Crippen molar-refractivity contribution in [3.63, 3.8) is 0 Å². The molecule has 3 aliphatic rings. The molecule has 0 spiro atoms. The van der Waals surface area contributed by atoms with Gasteiger partial charge in [0.2, 0.25) is 11.6 Å². The highest BCUT2D eigenvalue weighted by atomic mass is 35.5. The van der Waals surface area contributed by atoms with Gasteiger partial charge >= 0.3 is 11.8 Å². The van der Waals surface area contributed by atoms with Crippen molar-refractivity contribution in [3.8, 4) is 5.75 Å². The number of fused-ring (bicyclic) bond motifs is 2. The van der Waals surface area contributed by atoms with Gasteiger partial charge in [-0.15, -0.1) is 11.6 Å². The van der Waals surface area contributed by atoms with E-state index in [9.17, 15) is 34.2 Å². The number of piperazine rings is 1. The van der Waals surface area contributed by atoms with Crippen LogP contribution in [0, 0.1) is 0 Å². The van der Waals surface area contributed by atoms with E-state index in [1.807, 2.05) is 0 Å². The zero-order valence-corrected chi connectivity index (χ0v) is 17.9. The van der Waals surface area contributed by atoms with Crippen LogP contribution in [-0.2, 0) is 23.9 Å². The van der Waals surface area contributed by atoms with E-state index in [0.717, 1.165) is 9.80 Å². The summed E-state index contributed by atoms with van der Waals surface area (Å²) in [6.07, 6.45) is 0. The van der Waals surface area contributed by atoms with Gasteiger partial charge in [0.25, 0.3) is 17.7 Å². The number of rotatable bonds is 5. The standard InChI is InChI=1S/C19H19ClN4O9/c1-23-12(26)5-24-14(27)10(21-16(29)18(23,24)7-20)6-32-15(28)9-3-2-4-11-13(9)22-17(30)19(31,8-25)33-11/h2-4,10,25,31H,5-8H2,1H3,(H,21,29)(H,22,30)/t10-,18+,19-/m0/s1. The first-order valence-electron chi connectivity index (χ1n) is 9.68. The number of hydrogen-bond acceptors (Lipinski definition) is 9. The smallest absolute Gasteiger partial charge is 0.340 e. The van der Waals surface area contributed by atoms with Gasteiger partial charge in [0, 0.05) is 7.05 Å². The van der Waals surface area contributed by atoms with Crippen LogP contribution < -0.4 is 15.4 Å². The lowest BCUT2D eigenvalue weighted by atomic mass is 10.0. The van der Waals surface area contributed by atoms with Gasteiger partial charge < -0.3 is 35.2 Å². The minimum absolute atomic E-state index is 0.0897. The molecule has 4 amide bonds. The summed E-state index contributed by atoms with van der Waals surface area (Å²) in [7, 11) is 1.37. The molecule has 0 radical (unpaired) electrons. The van der Waals surface area contributed by atoms with Crippen molar-refractivity contribution in [3.05, 3.63) is 23.8 Å². The predicted octanol–water partition coefficient (Wildman–Crippen LogP) is -2.41. The molecule has 0 bridgehead atoms. The third-order valence-electron chi connectivity index (χ3n) is 5.80. The molecule has 2 fully saturated rings. The van der Waals surface area contributed by atoms with Crippen LogP contribution in [0.5, 0.6) is 5.75 Å². The molecule has 0 saturated carbocycles. The SMILES string of the molecule is CN1C(=O)CN2C(=O)[C@H](COC(=O)c3cccc4c3NC(=O)[C@](O)(CO)O4)NC(=O)[C@]12CCl. The highest BCUT2D eigenvalue weighted by Gasteiger charge is 2.61. The molecule has 1 aromatic rings. The Morgan fingerprint density at radius 3 is 2.70 bits per heavy atom. The second-order valence-corrected chi connectivity index (χ2v) is 7.90. The van der Waals surface area contributed by atoms with Gasteiger partial charge in [-0.25, -0.2) is 4.79 Å². The van der Waals surface area contributed by atoms with Gasteiger partial charge in [-0.05, 0) is 12.1 Å². The summed E-state index contributed by atoms with van der Waals surface area (Å²) in [6.45, 7) is -1.92. The number of nitrogens with zero attached hydrogens (tertiary/aromatic N) is 2. The summed E-state index contributed by atoms with van der Waals surface area (Å²) in [6, 6.07) is 2.78. The quantitative estimate of drug-likeness (QED) is 0.263. The fourth-order valence-electron chi connectivity index (χ4n) is 3.85. The largest absolute Gasteiger partial charge is 0.459 e. The number of carbonyl (C=O) groups is 5. The second-order valence-electron chi connectivity index (χ2n) is 7.63. The topological polar surface area (TPSA) is 175 Å². The lowest BCUT2D eigenvalue weighted by Crippen LogP contribution is -2.73. The summed E-state index contributed by atoms with van der Waals surface area (Å²) in [4.78, 5) is 64.6. The van der Waals surface area contributed by atoms with E-state index in [1.165, 1.54) is 25.2 Å². The number of nitrogens with one attached hydrogen (secondary N) is 2. The van der Waals surface area contributed by atoms with E-state index >= 15 is 0 Å². The predicted molar refractivity (Wildman–Crippen MR) is 108 cm³/mol. The van der Waals surface area contributed by atoms with E-state index in [2.05, 4.69) is 10.6 Å². The summed E-state index contributed by atoms with van der Waals surface area (Å²) in [5.41, 5.74) is -1.90. The summed E-state index contributed by atoms with van der Waals surface area (Å²) >= 11 is 5.94. The Balaban J connectivity index is 1.51. The Morgan fingerprint density at radius 2 is 2.03 bits per heavy atom. The Labute approximate surface area is 191 Å². The van der Waals surface area contributed by atoms with Crippen LogP contribution in [0.1, 0.15) is 10.4 Å². The van der Waals surface area contributed by atoms with Crippen molar-refractivity contribution in [1.29, 1.82) is 0 Å². The number of ether oxygens (including phenoxy) is 2. The molecule has 0 unspecified atom stereocenters. The maximum atomic E-state index is 12.9. The molecule has 2 saturated heterocycles. The molecular weight excluding hydrogens is 464 g/mol. The number of aliphatic hydroxyl groups excluding tert-OH is 1. The molecule has 3 aliphatic heterocycles. The lowest BCUT2D eigenvalue weighted by Gasteiger charge is -2.44. The van der Waals surface area contributed by atoms with Crippen molar-refractivity contribution >= 4 is 46.9 Å². The van der Waals surface area contributed by atoms with Gasteiger partial charge in [-0.3, -0.25) is 24.1 Å². The number of halogens is 1. The normalized spacial score (nSPS) is 28.5. The molecule has 1 aromatic carbocycles. The maximum absolute atomic E-state index is 12.9. The first kappa shape index (κ1) is 22.8. The average molecular weight is 483 g/mol. The minimum Gasteiger partial charge on any atom is -0.459 e. The van der Waals surface area contributed by atoms with E-state index in [1.54, 1.807) is 0 Å². The number of benzene rings is 1. The van der Waals surface area contributed by atoms with Crippen LogP contribution in [0.15, 0.2) is 18.2 Å². The number of esters is 1. The van der Waals surface area contributed by atoms with E-state index in [0.29, 0.717) is 0 Å². The Kier molecular flexibility index (Phi) is 5.42. The summed E-state index contributed by atoms with van der Waals surface area (Å²) < 4.78 is 10.3. The fourth-order valence-corrected chi connectivity index (χ4v) is 4.29. The Hall–Kier alpha value is -3.42. The lowest BCUT2D eigenvalue weighted by molar-refractivity contribution is -0.183. The summed E-state index contributed by atoms with van der Waals surface area (Å²) in [5.74, 6) is -6.80. The molecule has 14 heteroatoms. The van der Waals surface area contributed by atoms with Crippen molar-refractivity contribution < 1.29 is 43.7 Å². The number of anilines is 1. The Bertz CT molecular complexity index is 1080.